The van der Waals surface area contributed by atoms with Crippen molar-refractivity contribution in [3.05, 3.63) is 47.9 Å². The molecule has 0 spiro atoms. The van der Waals surface area contributed by atoms with Gasteiger partial charge in [-0.15, -0.1) is 0 Å². The molecule has 0 amide bonds. The Bertz CT molecular complexity index is 614. The number of ketones is 2. The van der Waals surface area contributed by atoms with Gasteiger partial charge in [0.15, 0.2) is 11.6 Å². The fourth-order valence-corrected chi connectivity index (χ4v) is 3.83. The maximum absolute atomic E-state index is 12.3. The maximum Gasteiger partial charge on any atom is 0.152 e. The van der Waals surface area contributed by atoms with Gasteiger partial charge in [0, 0.05) is 36.3 Å². The monoisotopic (exact) mass is 384 g/mol. The molecule has 2 aliphatic heterocycles. The Morgan fingerprint density at radius 1 is 0.750 bits per heavy atom. The number of rotatable bonds is 11. The third-order valence-electron chi connectivity index (χ3n) is 5.70. The van der Waals surface area contributed by atoms with Crippen molar-refractivity contribution in [3.63, 3.8) is 0 Å². The van der Waals surface area contributed by atoms with Crippen molar-refractivity contribution in [1.29, 1.82) is 0 Å². The van der Waals surface area contributed by atoms with Crippen LogP contribution in [0.15, 0.2) is 47.9 Å². The predicted octanol–water partition coefficient (Wildman–Crippen LogP) is 4.79. The molecule has 0 aliphatic carbocycles. The summed E-state index contributed by atoms with van der Waals surface area (Å²) in [6, 6.07) is 0.577. The molecule has 0 N–H and O–H groups in total. The number of unbranched alkanes of at least 4 members (excludes halogenated alkanes) is 3. The molecule has 2 atom stereocenters. The van der Waals surface area contributed by atoms with Crippen molar-refractivity contribution in [2.75, 3.05) is 13.1 Å². The molecule has 0 aromatic heterocycles. The van der Waals surface area contributed by atoms with E-state index in [4.69, 9.17) is 0 Å². The molecule has 4 nitrogen and oxygen atoms in total. The van der Waals surface area contributed by atoms with E-state index in [0.29, 0.717) is 37.5 Å². The lowest BCUT2D eigenvalue weighted by atomic mass is 10.0. The number of nitrogens with zero attached hydrogens (tertiary/aromatic N) is 2. The van der Waals surface area contributed by atoms with Gasteiger partial charge in [-0.2, -0.15) is 0 Å². The average Bonchev–Trinajstić information content (AvgIpc) is 2.64. The Morgan fingerprint density at radius 3 is 1.50 bits per heavy atom. The zero-order chi connectivity index (χ0) is 20.5. The minimum atomic E-state index is 0.288. The number of carbonyl (C=O) groups excluding carboxylic acids is 2. The molecule has 154 valence electrons. The molecule has 0 saturated carbocycles. The molecule has 2 rings (SSSR count). The van der Waals surface area contributed by atoms with Crippen LogP contribution in [0, 0.1) is 0 Å². The van der Waals surface area contributed by atoms with E-state index in [1.165, 1.54) is 0 Å². The topological polar surface area (TPSA) is 40.6 Å². The van der Waals surface area contributed by atoms with Crippen molar-refractivity contribution in [2.24, 2.45) is 0 Å². The maximum atomic E-state index is 12.3. The highest BCUT2D eigenvalue weighted by molar-refractivity contribution is 5.81. The fourth-order valence-electron chi connectivity index (χ4n) is 3.83. The summed E-state index contributed by atoms with van der Waals surface area (Å²) in [4.78, 5) is 28.8. The summed E-state index contributed by atoms with van der Waals surface area (Å²) in [5, 5.41) is 0. The zero-order valence-corrected chi connectivity index (χ0v) is 18.0. The highest BCUT2D eigenvalue weighted by Crippen LogP contribution is 2.17. The highest BCUT2D eigenvalue weighted by Gasteiger charge is 2.18. The van der Waals surface area contributed by atoms with Gasteiger partial charge in [0.25, 0.3) is 0 Å². The molecule has 0 aromatic rings. The molecule has 0 radical (unpaired) electrons. The van der Waals surface area contributed by atoms with Gasteiger partial charge in [-0.05, 0) is 52.7 Å². The van der Waals surface area contributed by atoms with Crippen LogP contribution in [-0.2, 0) is 9.59 Å². The van der Waals surface area contributed by atoms with Crippen molar-refractivity contribution in [1.82, 2.24) is 9.80 Å². The second-order valence-electron chi connectivity index (χ2n) is 8.11. The number of carbonyl (C=O) groups is 2. The van der Waals surface area contributed by atoms with Crippen LogP contribution < -0.4 is 0 Å². The van der Waals surface area contributed by atoms with Gasteiger partial charge >= 0.3 is 0 Å². The molecule has 2 aliphatic rings. The Morgan fingerprint density at radius 2 is 1.14 bits per heavy atom. The van der Waals surface area contributed by atoms with E-state index in [0.717, 1.165) is 37.1 Å². The lowest BCUT2D eigenvalue weighted by Crippen LogP contribution is -2.36. The third-order valence-corrected chi connectivity index (χ3v) is 5.70. The first-order valence-corrected chi connectivity index (χ1v) is 10.7. The smallest absolute Gasteiger partial charge is 0.152 e. The van der Waals surface area contributed by atoms with Crippen LogP contribution in [-0.4, -0.2) is 46.5 Å². The van der Waals surface area contributed by atoms with Crippen LogP contribution in [0.3, 0.4) is 0 Å². The predicted molar refractivity (Wildman–Crippen MR) is 116 cm³/mol. The normalized spacial score (nSPS) is 21.6. The molecule has 0 saturated heterocycles. The van der Waals surface area contributed by atoms with Gasteiger partial charge < -0.3 is 9.80 Å². The standard InChI is InChI=1S/C24H36N2O2/c1-19-11-9-12-20(2)25(19)17-23(27)15-7-5-6-8-16-24(28)18-26-21(3)13-10-14-22(26)4/h9-14,19,21H,5-8,15-18H2,1-4H3. The second kappa shape index (κ2) is 11.0. The summed E-state index contributed by atoms with van der Waals surface area (Å²) in [6.45, 7) is 9.36. The first-order chi connectivity index (χ1) is 13.4. The van der Waals surface area contributed by atoms with E-state index in [1.54, 1.807) is 0 Å². The largest absolute Gasteiger partial charge is 0.362 e. The minimum Gasteiger partial charge on any atom is -0.362 e. The first-order valence-electron chi connectivity index (χ1n) is 10.7. The lowest BCUT2D eigenvalue weighted by Gasteiger charge is -2.31. The summed E-state index contributed by atoms with van der Waals surface area (Å²) < 4.78 is 0. The van der Waals surface area contributed by atoms with Crippen molar-refractivity contribution >= 4 is 11.6 Å². The summed E-state index contributed by atoms with van der Waals surface area (Å²) in [7, 11) is 0. The average molecular weight is 385 g/mol. The number of Topliss-reactive ketones (excluding diaryl/α,β-unsaturated/α-hetero) is 2. The summed E-state index contributed by atoms with van der Waals surface area (Å²) in [5.41, 5.74) is 2.32. The summed E-state index contributed by atoms with van der Waals surface area (Å²) in [6.07, 6.45) is 17.6. The number of allylic oxidation sites excluding steroid dienone is 6. The van der Waals surface area contributed by atoms with E-state index >= 15 is 0 Å². The van der Waals surface area contributed by atoms with Gasteiger partial charge in [0.2, 0.25) is 0 Å². The van der Waals surface area contributed by atoms with E-state index in [9.17, 15) is 9.59 Å². The van der Waals surface area contributed by atoms with Crippen LogP contribution >= 0.6 is 0 Å². The highest BCUT2D eigenvalue weighted by atomic mass is 16.1. The van der Waals surface area contributed by atoms with Gasteiger partial charge in [-0.1, -0.05) is 37.1 Å². The van der Waals surface area contributed by atoms with Crippen LogP contribution in [0.5, 0.6) is 0 Å². The molecule has 2 unspecified atom stereocenters. The molecule has 0 fully saturated rings. The van der Waals surface area contributed by atoms with Gasteiger partial charge in [0.05, 0.1) is 13.1 Å². The fraction of sp³-hybridized carbons (Fsp3) is 0.583. The van der Waals surface area contributed by atoms with E-state index in [-0.39, 0.29) is 12.1 Å². The quantitative estimate of drug-likeness (QED) is 0.480. The van der Waals surface area contributed by atoms with Gasteiger partial charge in [-0.25, -0.2) is 0 Å². The molecule has 2 heterocycles. The van der Waals surface area contributed by atoms with Crippen LogP contribution in [0.2, 0.25) is 0 Å². The Labute approximate surface area is 170 Å². The zero-order valence-electron chi connectivity index (χ0n) is 18.0. The van der Waals surface area contributed by atoms with Crippen LogP contribution in [0.4, 0.5) is 0 Å². The molecular weight excluding hydrogens is 348 g/mol. The third kappa shape index (κ3) is 6.81. The molecule has 0 aromatic carbocycles. The van der Waals surface area contributed by atoms with Gasteiger partial charge in [0.1, 0.15) is 0 Å². The Hall–Kier alpha value is -2.10. The summed E-state index contributed by atoms with van der Waals surface area (Å²) >= 11 is 0. The Kier molecular flexibility index (Phi) is 8.75. The van der Waals surface area contributed by atoms with Crippen LogP contribution in [0.25, 0.3) is 0 Å². The molecular formula is C24H36N2O2. The lowest BCUT2D eigenvalue weighted by molar-refractivity contribution is -0.121. The molecule has 0 bridgehead atoms. The SMILES string of the molecule is CC1=CC=CC(C)N1CC(=O)CCCCCCC(=O)CN1C(C)=CC=CC1C. The summed E-state index contributed by atoms with van der Waals surface area (Å²) in [5.74, 6) is 0.612. The van der Waals surface area contributed by atoms with E-state index < -0.39 is 0 Å². The van der Waals surface area contributed by atoms with Crippen molar-refractivity contribution < 1.29 is 9.59 Å². The second-order valence-corrected chi connectivity index (χ2v) is 8.11. The van der Waals surface area contributed by atoms with E-state index in [1.807, 2.05) is 0 Å². The van der Waals surface area contributed by atoms with E-state index in [2.05, 4.69) is 74.0 Å². The first kappa shape index (κ1) is 22.2. The molecule has 28 heavy (non-hydrogen) atoms. The molecule has 4 heteroatoms. The number of hydrogen-bond acceptors (Lipinski definition) is 4. The number of hydrogen-bond donors (Lipinski definition) is 0. The van der Waals surface area contributed by atoms with Crippen LogP contribution in [0.1, 0.15) is 66.2 Å². The Balaban J connectivity index is 1.55. The van der Waals surface area contributed by atoms with Crippen molar-refractivity contribution in [3.8, 4) is 0 Å². The minimum absolute atomic E-state index is 0.288. The van der Waals surface area contributed by atoms with Gasteiger partial charge in [-0.3, -0.25) is 9.59 Å². The van der Waals surface area contributed by atoms with Crippen molar-refractivity contribution in [2.45, 2.75) is 78.3 Å².